The minimum Gasteiger partial charge on any atom is -0.352 e. The second-order valence-corrected chi connectivity index (χ2v) is 4.67. The first kappa shape index (κ1) is 14.2. The van der Waals surface area contributed by atoms with E-state index in [1.54, 1.807) is 20.8 Å². The lowest BCUT2D eigenvalue weighted by molar-refractivity contribution is -0.123. The first-order valence-corrected chi connectivity index (χ1v) is 5.95. The number of carbonyl (C=O) groups excluding carboxylic acids is 2. The fourth-order valence-corrected chi connectivity index (χ4v) is 1.63. The van der Waals surface area contributed by atoms with Gasteiger partial charge in [0.15, 0.2) is 0 Å². The Morgan fingerprint density at radius 3 is 2.22 bits per heavy atom. The first-order chi connectivity index (χ1) is 8.32. The Labute approximate surface area is 107 Å². The molecule has 0 radical (unpaired) electrons. The van der Waals surface area contributed by atoms with Gasteiger partial charge in [-0.1, -0.05) is 0 Å². The standard InChI is InChI=1S/C12H20N4O2/c1-6(2)13-11(17)9(5)14-12(18)10-7(3)15-16-8(10)4/h6,9H,1-5H3,(H,13,17)(H,14,18)(H,15,16). The van der Waals surface area contributed by atoms with E-state index in [0.29, 0.717) is 17.0 Å². The lowest BCUT2D eigenvalue weighted by atomic mass is 10.1. The Balaban J connectivity index is 2.68. The van der Waals surface area contributed by atoms with Crippen LogP contribution in [-0.2, 0) is 4.79 Å². The normalized spacial score (nSPS) is 12.3. The van der Waals surface area contributed by atoms with Gasteiger partial charge in [0.1, 0.15) is 6.04 Å². The molecule has 0 saturated carbocycles. The van der Waals surface area contributed by atoms with Gasteiger partial charge in [-0.2, -0.15) is 5.10 Å². The van der Waals surface area contributed by atoms with Gasteiger partial charge in [-0.15, -0.1) is 0 Å². The van der Waals surface area contributed by atoms with E-state index in [9.17, 15) is 9.59 Å². The van der Waals surface area contributed by atoms with Crippen molar-refractivity contribution >= 4 is 11.8 Å². The molecule has 0 aromatic carbocycles. The Morgan fingerprint density at radius 2 is 1.78 bits per heavy atom. The number of hydrogen-bond donors (Lipinski definition) is 3. The van der Waals surface area contributed by atoms with Crippen LogP contribution in [0.5, 0.6) is 0 Å². The Hall–Kier alpha value is -1.85. The van der Waals surface area contributed by atoms with Crippen LogP contribution < -0.4 is 10.6 Å². The van der Waals surface area contributed by atoms with Gasteiger partial charge < -0.3 is 10.6 Å². The van der Waals surface area contributed by atoms with E-state index in [1.807, 2.05) is 13.8 Å². The molecule has 100 valence electrons. The zero-order valence-corrected chi connectivity index (χ0v) is 11.4. The van der Waals surface area contributed by atoms with Gasteiger partial charge in [0.25, 0.3) is 5.91 Å². The number of aromatic nitrogens is 2. The number of H-pyrrole nitrogens is 1. The molecule has 1 atom stereocenters. The molecule has 0 aliphatic heterocycles. The van der Waals surface area contributed by atoms with Crippen molar-refractivity contribution in [3.05, 3.63) is 17.0 Å². The van der Waals surface area contributed by atoms with E-state index in [0.717, 1.165) is 0 Å². The van der Waals surface area contributed by atoms with E-state index in [4.69, 9.17) is 0 Å². The maximum absolute atomic E-state index is 12.0. The van der Waals surface area contributed by atoms with E-state index in [2.05, 4.69) is 20.8 Å². The van der Waals surface area contributed by atoms with Crippen molar-refractivity contribution in [2.24, 2.45) is 0 Å². The second-order valence-electron chi connectivity index (χ2n) is 4.67. The van der Waals surface area contributed by atoms with Crippen LogP contribution in [0.15, 0.2) is 0 Å². The van der Waals surface area contributed by atoms with Crippen LogP contribution in [0.3, 0.4) is 0 Å². The minimum atomic E-state index is -0.575. The molecule has 18 heavy (non-hydrogen) atoms. The van der Waals surface area contributed by atoms with Gasteiger partial charge in [-0.3, -0.25) is 14.7 Å². The van der Waals surface area contributed by atoms with Crippen LogP contribution in [0.2, 0.25) is 0 Å². The molecule has 1 aromatic rings. The predicted octanol–water partition coefficient (Wildman–Crippen LogP) is 0.669. The molecule has 0 saturated heterocycles. The van der Waals surface area contributed by atoms with Crippen molar-refractivity contribution in [3.63, 3.8) is 0 Å². The van der Waals surface area contributed by atoms with E-state index in [-0.39, 0.29) is 17.9 Å². The highest BCUT2D eigenvalue weighted by Crippen LogP contribution is 2.09. The maximum Gasteiger partial charge on any atom is 0.255 e. The van der Waals surface area contributed by atoms with Crippen molar-refractivity contribution < 1.29 is 9.59 Å². The van der Waals surface area contributed by atoms with Gasteiger partial charge in [0, 0.05) is 11.7 Å². The van der Waals surface area contributed by atoms with Gasteiger partial charge in [0.05, 0.1) is 11.3 Å². The third-order valence-corrected chi connectivity index (χ3v) is 2.53. The molecule has 0 fully saturated rings. The highest BCUT2D eigenvalue weighted by atomic mass is 16.2. The van der Waals surface area contributed by atoms with Gasteiger partial charge in [-0.25, -0.2) is 0 Å². The zero-order chi connectivity index (χ0) is 13.9. The zero-order valence-electron chi connectivity index (χ0n) is 11.4. The average Bonchev–Trinajstić information content (AvgIpc) is 2.57. The lowest BCUT2D eigenvalue weighted by Gasteiger charge is -2.16. The molecule has 2 amide bonds. The summed E-state index contributed by atoms with van der Waals surface area (Å²) in [6.45, 7) is 8.92. The molecule has 1 heterocycles. The molecule has 3 N–H and O–H groups in total. The lowest BCUT2D eigenvalue weighted by Crippen LogP contribution is -2.46. The average molecular weight is 252 g/mol. The van der Waals surface area contributed by atoms with Gasteiger partial charge in [-0.05, 0) is 34.6 Å². The monoisotopic (exact) mass is 252 g/mol. The van der Waals surface area contributed by atoms with Gasteiger partial charge in [0.2, 0.25) is 5.91 Å². The Bertz CT molecular complexity index is 431. The van der Waals surface area contributed by atoms with Crippen molar-refractivity contribution in [1.29, 1.82) is 0 Å². The maximum atomic E-state index is 12.0. The van der Waals surface area contributed by atoms with Crippen LogP contribution in [0.4, 0.5) is 0 Å². The number of carbonyl (C=O) groups is 2. The molecule has 1 unspecified atom stereocenters. The number of rotatable bonds is 4. The number of hydrogen-bond acceptors (Lipinski definition) is 3. The smallest absolute Gasteiger partial charge is 0.255 e. The number of aromatic amines is 1. The summed E-state index contributed by atoms with van der Waals surface area (Å²) in [6, 6.07) is -0.525. The molecular weight excluding hydrogens is 232 g/mol. The third kappa shape index (κ3) is 3.32. The number of nitrogens with one attached hydrogen (secondary N) is 3. The quantitative estimate of drug-likeness (QED) is 0.736. The summed E-state index contributed by atoms with van der Waals surface area (Å²) in [5.74, 6) is -0.484. The highest BCUT2D eigenvalue weighted by molar-refractivity contribution is 5.99. The third-order valence-electron chi connectivity index (χ3n) is 2.53. The number of aryl methyl sites for hydroxylation is 2. The van der Waals surface area contributed by atoms with Crippen LogP contribution in [0.1, 0.15) is 42.5 Å². The molecule has 0 aliphatic rings. The molecule has 0 bridgehead atoms. The molecule has 6 nitrogen and oxygen atoms in total. The fourth-order valence-electron chi connectivity index (χ4n) is 1.63. The Kier molecular flexibility index (Phi) is 4.47. The van der Waals surface area contributed by atoms with Crippen molar-refractivity contribution in [2.75, 3.05) is 0 Å². The van der Waals surface area contributed by atoms with Crippen LogP contribution in [0.25, 0.3) is 0 Å². The van der Waals surface area contributed by atoms with E-state index < -0.39 is 6.04 Å². The van der Waals surface area contributed by atoms with Crippen LogP contribution in [0, 0.1) is 13.8 Å². The summed E-state index contributed by atoms with van der Waals surface area (Å²) in [4.78, 5) is 23.7. The summed E-state index contributed by atoms with van der Waals surface area (Å²) in [5, 5.41) is 12.1. The molecule has 1 rings (SSSR count). The number of nitrogens with zero attached hydrogens (tertiary/aromatic N) is 1. The molecule has 0 aliphatic carbocycles. The fraction of sp³-hybridized carbons (Fsp3) is 0.583. The molecule has 0 spiro atoms. The van der Waals surface area contributed by atoms with Crippen LogP contribution in [-0.4, -0.2) is 34.1 Å². The van der Waals surface area contributed by atoms with E-state index >= 15 is 0 Å². The summed E-state index contributed by atoms with van der Waals surface area (Å²) in [6.07, 6.45) is 0. The summed E-state index contributed by atoms with van der Waals surface area (Å²) in [5.41, 5.74) is 1.82. The SMILES string of the molecule is Cc1n[nH]c(C)c1C(=O)NC(C)C(=O)NC(C)C. The Morgan fingerprint density at radius 1 is 1.17 bits per heavy atom. The predicted molar refractivity (Wildman–Crippen MR) is 68.3 cm³/mol. The molecule has 1 aromatic heterocycles. The largest absolute Gasteiger partial charge is 0.352 e. The van der Waals surface area contributed by atoms with Crippen LogP contribution >= 0.6 is 0 Å². The summed E-state index contributed by atoms with van der Waals surface area (Å²) >= 11 is 0. The number of amides is 2. The summed E-state index contributed by atoms with van der Waals surface area (Å²) in [7, 11) is 0. The van der Waals surface area contributed by atoms with Crippen molar-refractivity contribution in [3.8, 4) is 0 Å². The molecule has 6 heteroatoms. The summed E-state index contributed by atoms with van der Waals surface area (Å²) < 4.78 is 0. The molecular formula is C12H20N4O2. The van der Waals surface area contributed by atoms with E-state index in [1.165, 1.54) is 0 Å². The van der Waals surface area contributed by atoms with Crippen molar-refractivity contribution in [1.82, 2.24) is 20.8 Å². The topological polar surface area (TPSA) is 86.9 Å². The first-order valence-electron chi connectivity index (χ1n) is 5.95. The second kappa shape index (κ2) is 5.66. The highest BCUT2D eigenvalue weighted by Gasteiger charge is 2.20. The minimum absolute atomic E-state index is 0.0502. The van der Waals surface area contributed by atoms with Crippen molar-refractivity contribution in [2.45, 2.75) is 46.7 Å². The van der Waals surface area contributed by atoms with Gasteiger partial charge >= 0.3 is 0 Å².